The minimum atomic E-state index is -4.74. The maximum absolute atomic E-state index is 13.8. The van der Waals surface area contributed by atoms with E-state index in [1.807, 2.05) is 64.1 Å². The van der Waals surface area contributed by atoms with E-state index in [2.05, 4.69) is 21.7 Å². The van der Waals surface area contributed by atoms with Crippen molar-refractivity contribution in [3.63, 3.8) is 0 Å². The lowest BCUT2D eigenvalue weighted by Gasteiger charge is -2.36. The number of nitrogens with one attached hydrogen (secondary N) is 2. The van der Waals surface area contributed by atoms with Crippen LogP contribution in [0.15, 0.2) is 73.1 Å². The Kier molecular flexibility index (Phi) is 13.0. The zero-order chi connectivity index (χ0) is 39.0. The molecule has 2 aliphatic heterocycles. The standard InChI is InChI=1S/C25H24ClF3N6O.C15H21N3O/c26-20-14-17(13-19(25(27,28)29)23(20)35(30)31)12-18(8-11-36)24-33-21-4-2-1-3-5-22(21)34(24)15-16-6-9-32-10-7-16;19-15-17-14-6-2-1-4-12(14)5-3-11-18(15)13-7-9-16-10-8-13/h2-7,9-11,13-14,18H,1,8,12,15,30-31H2;1-2,4,6,13,16H,3,5,7-11H2,(H,17,19). The first-order valence-electron chi connectivity index (χ1n) is 18.3. The van der Waals surface area contributed by atoms with Crippen molar-refractivity contribution in [2.75, 3.05) is 30.1 Å². The molecule has 4 heterocycles. The number of nitrogens with two attached hydrogens (primary N) is 2. The number of rotatable bonds is 9. The Balaban J connectivity index is 0.000000226. The molecule has 1 saturated heterocycles. The number of aromatic nitrogens is 3. The number of aryl methyl sites for hydroxylation is 1. The van der Waals surface area contributed by atoms with Crippen LogP contribution in [-0.2, 0) is 30.4 Å². The van der Waals surface area contributed by atoms with Crippen LogP contribution in [0.1, 0.15) is 77.5 Å². The molecule has 1 unspecified atom stereocenters. The number of fused-ring (bicyclic) bond motifs is 2. The summed E-state index contributed by atoms with van der Waals surface area (Å²) in [4.78, 5) is 35.0. The van der Waals surface area contributed by atoms with Gasteiger partial charge < -0.3 is 24.9 Å². The second kappa shape index (κ2) is 18.1. The zero-order valence-electron chi connectivity index (χ0n) is 30.3. The number of pyridine rings is 1. The summed E-state index contributed by atoms with van der Waals surface area (Å²) >= 11 is 6.17. The maximum Gasteiger partial charge on any atom is 0.418 e. The molecule has 1 atom stereocenters. The van der Waals surface area contributed by atoms with Gasteiger partial charge in [0, 0.05) is 49.6 Å². The summed E-state index contributed by atoms with van der Waals surface area (Å²) in [6.07, 6.45) is 12.4. The first-order chi connectivity index (χ1) is 26.5. The Labute approximate surface area is 323 Å². The van der Waals surface area contributed by atoms with E-state index in [9.17, 15) is 22.8 Å². The minimum Gasteiger partial charge on any atom is -0.323 e. The fourth-order valence-corrected chi connectivity index (χ4v) is 7.71. The van der Waals surface area contributed by atoms with E-state index in [4.69, 9.17) is 28.3 Å². The molecule has 3 aliphatic rings. The minimum absolute atomic E-state index is 0.0558. The van der Waals surface area contributed by atoms with Crippen molar-refractivity contribution in [3.8, 4) is 0 Å². The number of imidazole rings is 1. The van der Waals surface area contributed by atoms with E-state index >= 15 is 0 Å². The van der Waals surface area contributed by atoms with Gasteiger partial charge in [0.1, 0.15) is 17.8 Å². The van der Waals surface area contributed by atoms with Gasteiger partial charge in [-0.15, -0.1) is 0 Å². The Morgan fingerprint density at radius 3 is 2.51 bits per heavy atom. The number of nitrogens with zero attached hydrogens (tertiary/aromatic N) is 5. The van der Waals surface area contributed by atoms with E-state index in [1.165, 1.54) is 11.6 Å². The average molecular weight is 776 g/mol. The molecule has 0 bridgehead atoms. The second-order valence-electron chi connectivity index (χ2n) is 13.8. The van der Waals surface area contributed by atoms with E-state index in [1.54, 1.807) is 12.4 Å². The van der Waals surface area contributed by atoms with E-state index in [-0.39, 0.29) is 29.5 Å². The van der Waals surface area contributed by atoms with Crippen molar-refractivity contribution in [1.82, 2.24) is 24.8 Å². The smallest absolute Gasteiger partial charge is 0.323 e. The molecule has 2 aromatic heterocycles. The molecule has 7 rings (SSSR count). The molecule has 0 radical (unpaired) electrons. The first-order valence-corrected chi connectivity index (χ1v) is 18.7. The molecule has 0 saturated carbocycles. The van der Waals surface area contributed by atoms with Crippen molar-refractivity contribution in [2.45, 2.75) is 69.6 Å². The van der Waals surface area contributed by atoms with Crippen LogP contribution in [-0.4, -0.2) is 57.4 Å². The lowest BCUT2D eigenvalue weighted by atomic mass is 9.94. The van der Waals surface area contributed by atoms with Gasteiger partial charge in [-0.3, -0.25) is 4.98 Å². The van der Waals surface area contributed by atoms with Crippen LogP contribution in [0, 0.1) is 0 Å². The number of benzene rings is 2. The number of carbonyl (C=O) groups is 2. The van der Waals surface area contributed by atoms with Crippen molar-refractivity contribution in [3.05, 3.63) is 118 Å². The van der Waals surface area contributed by atoms with E-state index < -0.39 is 23.3 Å². The number of carbonyl (C=O) groups excluding carboxylic acids is 2. The number of halogens is 4. The highest BCUT2D eigenvalue weighted by atomic mass is 35.5. The molecule has 6 N–H and O–H groups in total. The molecule has 4 aromatic rings. The number of urea groups is 1. The van der Waals surface area contributed by atoms with Gasteiger partial charge in [-0.2, -0.15) is 13.2 Å². The second-order valence-corrected chi connectivity index (χ2v) is 14.2. The first kappa shape index (κ1) is 39.7. The summed E-state index contributed by atoms with van der Waals surface area (Å²) in [5.74, 6) is 10.9. The average Bonchev–Trinajstić information content (AvgIpc) is 3.31. The molecule has 2 amide bonds. The molecule has 55 heavy (non-hydrogen) atoms. The SMILES string of the molecule is NN(N)c1c(Cl)cc(CC(CC=O)c2nc3c(n2Cc2ccncc2)C=CCC=C3)cc1C(F)(F)F.O=C1Nc2ccccc2CCCN1C1CCNCC1. The molecule has 2 aromatic carbocycles. The molecular formula is C40H45ClF3N9O2. The van der Waals surface area contributed by atoms with Gasteiger partial charge in [0.15, 0.2) is 0 Å². The summed E-state index contributed by atoms with van der Waals surface area (Å²) in [6, 6.07) is 14.7. The third kappa shape index (κ3) is 9.81. The van der Waals surface area contributed by atoms with Crippen LogP contribution in [0.3, 0.4) is 0 Å². The van der Waals surface area contributed by atoms with Crippen molar-refractivity contribution >= 4 is 47.4 Å². The number of alkyl halides is 3. The third-order valence-corrected chi connectivity index (χ3v) is 10.3. The van der Waals surface area contributed by atoms with Crippen molar-refractivity contribution in [1.29, 1.82) is 0 Å². The normalized spacial score (nSPS) is 16.4. The molecule has 0 spiro atoms. The van der Waals surface area contributed by atoms with Gasteiger partial charge in [-0.25, -0.2) is 26.6 Å². The fourth-order valence-electron chi connectivity index (χ4n) is 7.37. The Morgan fingerprint density at radius 1 is 1.04 bits per heavy atom. The van der Waals surface area contributed by atoms with Crippen LogP contribution in [0.2, 0.25) is 5.02 Å². The van der Waals surface area contributed by atoms with Gasteiger partial charge in [0.2, 0.25) is 0 Å². The number of hydrogen-bond acceptors (Lipinski definition) is 8. The number of hydrogen-bond donors (Lipinski definition) is 4. The molecular weight excluding hydrogens is 731 g/mol. The third-order valence-electron chi connectivity index (χ3n) is 10.0. The highest BCUT2D eigenvalue weighted by Gasteiger charge is 2.37. The van der Waals surface area contributed by atoms with Gasteiger partial charge in [0.25, 0.3) is 0 Å². The monoisotopic (exact) mass is 775 g/mol. The highest BCUT2D eigenvalue weighted by Crippen LogP contribution is 2.41. The quantitative estimate of drug-likeness (QED) is 0.0799. The topological polar surface area (TPSA) is 147 Å². The predicted molar refractivity (Wildman–Crippen MR) is 209 cm³/mol. The Morgan fingerprint density at radius 2 is 1.78 bits per heavy atom. The number of piperidine rings is 1. The number of anilines is 2. The lowest BCUT2D eigenvalue weighted by molar-refractivity contribution is -0.137. The molecule has 1 aliphatic carbocycles. The zero-order valence-corrected chi connectivity index (χ0v) is 31.1. The summed E-state index contributed by atoms with van der Waals surface area (Å²) < 4.78 is 43.4. The van der Waals surface area contributed by atoms with Crippen LogP contribution in [0.4, 0.5) is 29.3 Å². The summed E-state index contributed by atoms with van der Waals surface area (Å²) in [6.45, 7) is 3.36. The number of aldehydes is 1. The van der Waals surface area contributed by atoms with Crippen LogP contribution >= 0.6 is 11.6 Å². The van der Waals surface area contributed by atoms with Crippen molar-refractivity contribution in [2.24, 2.45) is 11.7 Å². The summed E-state index contributed by atoms with van der Waals surface area (Å²) in [5, 5.41) is 6.55. The van der Waals surface area contributed by atoms with E-state index in [0.717, 1.165) is 86.7 Å². The number of amides is 2. The van der Waals surface area contributed by atoms with Crippen LogP contribution in [0.5, 0.6) is 0 Å². The highest BCUT2D eigenvalue weighted by molar-refractivity contribution is 6.33. The number of para-hydroxylation sites is 1. The number of allylic oxidation sites excluding steroid dienone is 2. The van der Waals surface area contributed by atoms with Gasteiger partial charge in [0.05, 0.1) is 22.0 Å². The summed E-state index contributed by atoms with van der Waals surface area (Å²) in [5.41, 5.74) is 3.49. The van der Waals surface area contributed by atoms with Crippen LogP contribution < -0.4 is 27.4 Å². The number of hydrazine groups is 2. The Hall–Kier alpha value is -5.02. The molecule has 11 nitrogen and oxygen atoms in total. The van der Waals surface area contributed by atoms with Gasteiger partial charge in [-0.1, -0.05) is 42.0 Å². The van der Waals surface area contributed by atoms with Gasteiger partial charge >= 0.3 is 12.2 Å². The van der Waals surface area contributed by atoms with Crippen LogP contribution in [0.25, 0.3) is 12.2 Å². The fraction of sp³-hybridized carbons (Fsp3) is 0.350. The molecule has 15 heteroatoms. The lowest BCUT2D eigenvalue weighted by Crippen LogP contribution is -2.48. The largest absolute Gasteiger partial charge is 0.418 e. The Bertz CT molecular complexity index is 2010. The van der Waals surface area contributed by atoms with Crippen molar-refractivity contribution < 1.29 is 22.8 Å². The van der Waals surface area contributed by atoms with Gasteiger partial charge in [-0.05, 0) is 111 Å². The molecule has 1 fully saturated rings. The van der Waals surface area contributed by atoms with E-state index in [0.29, 0.717) is 23.5 Å². The maximum atomic E-state index is 13.8. The summed E-state index contributed by atoms with van der Waals surface area (Å²) in [7, 11) is 0. The predicted octanol–water partition coefficient (Wildman–Crippen LogP) is 7.12. The molecule has 290 valence electrons.